The van der Waals surface area contributed by atoms with E-state index in [1.165, 1.54) is 0 Å². The standard InChI is InChI=1S/C18H12Cl2N6/c19-14-9-8-13(16(20)10-14)11-21-22-18-23-24-25-26(18)17-7-3-5-12-4-1-2-6-15(12)17/h1-11H,(H,22,23,25)/b21-11+. The van der Waals surface area contributed by atoms with Gasteiger partial charge < -0.3 is 0 Å². The van der Waals surface area contributed by atoms with Gasteiger partial charge in [0.15, 0.2) is 0 Å². The zero-order chi connectivity index (χ0) is 17.9. The van der Waals surface area contributed by atoms with Crippen molar-refractivity contribution in [1.82, 2.24) is 20.2 Å². The zero-order valence-electron chi connectivity index (χ0n) is 13.3. The van der Waals surface area contributed by atoms with Gasteiger partial charge in [0.2, 0.25) is 0 Å². The summed E-state index contributed by atoms with van der Waals surface area (Å²) in [6.07, 6.45) is 1.58. The molecule has 1 aromatic heterocycles. The average molecular weight is 383 g/mol. The molecule has 128 valence electrons. The highest BCUT2D eigenvalue weighted by molar-refractivity contribution is 6.36. The lowest BCUT2D eigenvalue weighted by Gasteiger charge is -2.07. The van der Waals surface area contributed by atoms with Gasteiger partial charge in [-0.2, -0.15) is 9.78 Å². The number of aromatic nitrogens is 4. The molecule has 0 spiro atoms. The Labute approximate surface area is 159 Å². The fourth-order valence-corrected chi connectivity index (χ4v) is 3.04. The molecule has 4 rings (SSSR count). The van der Waals surface area contributed by atoms with Crippen molar-refractivity contribution in [3.05, 3.63) is 76.3 Å². The van der Waals surface area contributed by atoms with E-state index in [1.54, 1.807) is 29.1 Å². The molecule has 0 bridgehead atoms. The van der Waals surface area contributed by atoms with Crippen molar-refractivity contribution < 1.29 is 0 Å². The summed E-state index contributed by atoms with van der Waals surface area (Å²) < 4.78 is 1.60. The van der Waals surface area contributed by atoms with Crippen molar-refractivity contribution in [3.8, 4) is 5.69 Å². The summed E-state index contributed by atoms with van der Waals surface area (Å²) >= 11 is 12.0. The van der Waals surface area contributed by atoms with Crippen LogP contribution in [0.15, 0.2) is 65.8 Å². The number of hydrogen-bond acceptors (Lipinski definition) is 5. The van der Waals surface area contributed by atoms with Gasteiger partial charge in [0, 0.05) is 16.0 Å². The normalized spacial score (nSPS) is 11.3. The van der Waals surface area contributed by atoms with Gasteiger partial charge in [0.25, 0.3) is 5.95 Å². The number of fused-ring (bicyclic) bond motifs is 1. The largest absolute Gasteiger partial charge is 0.268 e. The van der Waals surface area contributed by atoms with E-state index in [1.807, 2.05) is 42.5 Å². The van der Waals surface area contributed by atoms with Crippen LogP contribution in [0, 0.1) is 0 Å². The van der Waals surface area contributed by atoms with Gasteiger partial charge in [-0.25, -0.2) is 5.43 Å². The molecule has 4 aromatic rings. The number of anilines is 1. The first-order chi connectivity index (χ1) is 12.7. The lowest BCUT2D eigenvalue weighted by Crippen LogP contribution is -2.04. The Morgan fingerprint density at radius 3 is 2.73 bits per heavy atom. The van der Waals surface area contributed by atoms with Gasteiger partial charge in [0.05, 0.1) is 16.9 Å². The van der Waals surface area contributed by atoms with Crippen LogP contribution >= 0.6 is 23.2 Å². The molecule has 0 amide bonds. The highest BCUT2D eigenvalue weighted by atomic mass is 35.5. The van der Waals surface area contributed by atoms with Gasteiger partial charge in [-0.1, -0.05) is 70.8 Å². The van der Waals surface area contributed by atoms with E-state index in [0.29, 0.717) is 16.0 Å². The molecule has 1 heterocycles. The summed E-state index contributed by atoms with van der Waals surface area (Å²) in [5, 5.41) is 19.2. The predicted octanol–water partition coefficient (Wildman–Crippen LogP) is 4.57. The van der Waals surface area contributed by atoms with Crippen molar-refractivity contribution in [3.63, 3.8) is 0 Å². The van der Waals surface area contributed by atoms with Crippen LogP contribution in [0.2, 0.25) is 10.0 Å². The third-order valence-electron chi connectivity index (χ3n) is 3.79. The Morgan fingerprint density at radius 1 is 1.00 bits per heavy atom. The van der Waals surface area contributed by atoms with Crippen LogP contribution in [0.25, 0.3) is 16.5 Å². The van der Waals surface area contributed by atoms with E-state index in [4.69, 9.17) is 23.2 Å². The topological polar surface area (TPSA) is 68.0 Å². The summed E-state index contributed by atoms with van der Waals surface area (Å²) in [6, 6.07) is 19.2. The second-order valence-corrected chi connectivity index (χ2v) is 6.29. The van der Waals surface area contributed by atoms with Crippen molar-refractivity contribution in [2.75, 3.05) is 5.43 Å². The Balaban J connectivity index is 1.64. The van der Waals surface area contributed by atoms with E-state index in [0.717, 1.165) is 22.0 Å². The van der Waals surface area contributed by atoms with Crippen LogP contribution in [0.4, 0.5) is 5.95 Å². The van der Waals surface area contributed by atoms with Gasteiger partial charge >= 0.3 is 0 Å². The molecular formula is C18H12Cl2N6. The molecule has 0 atom stereocenters. The summed E-state index contributed by atoms with van der Waals surface area (Å²) in [7, 11) is 0. The van der Waals surface area contributed by atoms with Crippen molar-refractivity contribution in [2.24, 2.45) is 5.10 Å². The minimum absolute atomic E-state index is 0.391. The van der Waals surface area contributed by atoms with Crippen LogP contribution in [0.3, 0.4) is 0 Å². The number of halogens is 2. The van der Waals surface area contributed by atoms with E-state index in [9.17, 15) is 0 Å². The van der Waals surface area contributed by atoms with Crippen LogP contribution in [0.5, 0.6) is 0 Å². The zero-order valence-corrected chi connectivity index (χ0v) is 14.9. The van der Waals surface area contributed by atoms with Gasteiger partial charge in [-0.05, 0) is 34.0 Å². The van der Waals surface area contributed by atoms with Crippen LogP contribution in [-0.2, 0) is 0 Å². The molecule has 0 saturated heterocycles. The molecule has 26 heavy (non-hydrogen) atoms. The summed E-state index contributed by atoms with van der Waals surface area (Å²) in [5.41, 5.74) is 4.44. The summed E-state index contributed by atoms with van der Waals surface area (Å²) in [6.45, 7) is 0. The minimum Gasteiger partial charge on any atom is -0.244 e. The number of nitrogens with zero attached hydrogens (tertiary/aromatic N) is 5. The number of hydrogen-bond donors (Lipinski definition) is 1. The quantitative estimate of drug-likeness (QED) is 0.414. The van der Waals surface area contributed by atoms with Crippen LogP contribution < -0.4 is 5.43 Å². The molecular weight excluding hydrogens is 371 g/mol. The first-order valence-electron chi connectivity index (χ1n) is 7.73. The van der Waals surface area contributed by atoms with E-state index >= 15 is 0 Å². The number of hydrazone groups is 1. The molecule has 6 nitrogen and oxygen atoms in total. The molecule has 0 aliphatic rings. The maximum absolute atomic E-state index is 6.13. The molecule has 0 radical (unpaired) electrons. The number of tetrazole rings is 1. The number of rotatable bonds is 4. The lowest BCUT2D eigenvalue weighted by molar-refractivity contribution is 0.794. The lowest BCUT2D eigenvalue weighted by atomic mass is 10.1. The number of benzene rings is 3. The van der Waals surface area contributed by atoms with E-state index in [-0.39, 0.29) is 0 Å². The Kier molecular flexibility index (Phi) is 4.51. The first kappa shape index (κ1) is 16.5. The Hall–Kier alpha value is -2.96. The van der Waals surface area contributed by atoms with Crippen LogP contribution in [-0.4, -0.2) is 26.4 Å². The molecule has 0 unspecified atom stereocenters. The highest BCUT2D eigenvalue weighted by Gasteiger charge is 2.10. The maximum Gasteiger partial charge on any atom is 0.268 e. The molecule has 8 heteroatoms. The van der Waals surface area contributed by atoms with Crippen LogP contribution in [0.1, 0.15) is 5.56 Å². The molecule has 3 aromatic carbocycles. The highest BCUT2D eigenvalue weighted by Crippen LogP contribution is 2.23. The Morgan fingerprint density at radius 2 is 1.85 bits per heavy atom. The maximum atomic E-state index is 6.13. The molecule has 0 fully saturated rings. The monoisotopic (exact) mass is 382 g/mol. The Bertz CT molecular complexity index is 1100. The second kappa shape index (κ2) is 7.11. The first-order valence-corrected chi connectivity index (χ1v) is 8.48. The SMILES string of the molecule is Clc1ccc(/C=N/Nc2nnnn2-c2cccc3ccccc23)c(Cl)c1. The predicted molar refractivity (Wildman–Crippen MR) is 104 cm³/mol. The molecule has 0 aliphatic carbocycles. The van der Waals surface area contributed by atoms with Crippen molar-refractivity contribution >= 4 is 46.1 Å². The summed E-state index contributed by atoms with van der Waals surface area (Å²) in [4.78, 5) is 0. The minimum atomic E-state index is 0.391. The third kappa shape index (κ3) is 3.24. The molecule has 0 saturated carbocycles. The van der Waals surface area contributed by atoms with Crippen molar-refractivity contribution in [1.29, 1.82) is 0 Å². The van der Waals surface area contributed by atoms with E-state index in [2.05, 4.69) is 26.1 Å². The van der Waals surface area contributed by atoms with Gasteiger partial charge in [-0.15, -0.1) is 0 Å². The van der Waals surface area contributed by atoms with Crippen molar-refractivity contribution in [2.45, 2.75) is 0 Å². The molecule has 0 aliphatic heterocycles. The van der Waals surface area contributed by atoms with Gasteiger partial charge in [-0.3, -0.25) is 0 Å². The molecule has 1 N–H and O–H groups in total. The van der Waals surface area contributed by atoms with E-state index < -0.39 is 0 Å². The number of nitrogens with one attached hydrogen (secondary N) is 1. The smallest absolute Gasteiger partial charge is 0.244 e. The van der Waals surface area contributed by atoms with Gasteiger partial charge in [0.1, 0.15) is 0 Å². The second-order valence-electron chi connectivity index (χ2n) is 5.45. The fraction of sp³-hybridized carbons (Fsp3) is 0. The third-order valence-corrected chi connectivity index (χ3v) is 4.36. The average Bonchev–Trinajstić information content (AvgIpc) is 3.11. The fourth-order valence-electron chi connectivity index (χ4n) is 2.58. The summed E-state index contributed by atoms with van der Waals surface area (Å²) in [5.74, 6) is 0.391.